The Hall–Kier alpha value is -1.82. The van der Waals surface area contributed by atoms with Gasteiger partial charge in [0.05, 0.1) is 18.4 Å². The third-order valence-electron chi connectivity index (χ3n) is 2.94. The minimum atomic E-state index is -0.401. The highest BCUT2D eigenvalue weighted by Crippen LogP contribution is 2.34. The van der Waals surface area contributed by atoms with Gasteiger partial charge in [0.2, 0.25) is 5.91 Å². The molecule has 2 rings (SSSR count). The Kier molecular flexibility index (Phi) is 3.66. The van der Waals surface area contributed by atoms with Crippen LogP contribution in [0.1, 0.15) is 29.8 Å². The molecule has 1 saturated carbocycles. The SMILES string of the molecule is O=C(CCNC(=O)c1ccco1)NC1(CO)CC1. The molecule has 0 atom stereocenters. The molecule has 3 N–H and O–H groups in total. The van der Waals surface area contributed by atoms with E-state index in [1.54, 1.807) is 12.1 Å². The molecule has 98 valence electrons. The molecule has 0 radical (unpaired) electrons. The highest BCUT2D eigenvalue weighted by atomic mass is 16.3. The van der Waals surface area contributed by atoms with Gasteiger partial charge in [-0.25, -0.2) is 0 Å². The van der Waals surface area contributed by atoms with Gasteiger partial charge in [0, 0.05) is 13.0 Å². The van der Waals surface area contributed by atoms with Crippen molar-refractivity contribution in [2.45, 2.75) is 24.8 Å². The minimum absolute atomic E-state index is 0.0303. The average Bonchev–Trinajstić information content (AvgIpc) is 2.92. The standard InChI is InChI=1S/C12H16N2O4/c15-8-12(4-5-12)14-10(16)3-6-13-11(17)9-2-1-7-18-9/h1-2,7,15H,3-6,8H2,(H,13,17)(H,14,16). The molecule has 1 aromatic heterocycles. The summed E-state index contributed by atoms with van der Waals surface area (Å²) in [4.78, 5) is 23.0. The Bertz CT molecular complexity index is 423. The molecule has 1 aliphatic rings. The highest BCUT2D eigenvalue weighted by molar-refractivity contribution is 5.91. The van der Waals surface area contributed by atoms with Crippen molar-refractivity contribution < 1.29 is 19.1 Å². The summed E-state index contributed by atoms with van der Waals surface area (Å²) in [5.41, 5.74) is -0.401. The van der Waals surface area contributed by atoms with Crippen molar-refractivity contribution in [2.75, 3.05) is 13.2 Å². The van der Waals surface area contributed by atoms with E-state index in [0.29, 0.717) is 0 Å². The first kappa shape index (κ1) is 12.6. The van der Waals surface area contributed by atoms with Crippen LogP contribution in [0.4, 0.5) is 0 Å². The van der Waals surface area contributed by atoms with Gasteiger partial charge in [-0.1, -0.05) is 0 Å². The van der Waals surface area contributed by atoms with E-state index in [9.17, 15) is 9.59 Å². The Morgan fingerprint density at radius 1 is 1.44 bits per heavy atom. The lowest BCUT2D eigenvalue weighted by molar-refractivity contribution is -0.122. The lowest BCUT2D eigenvalue weighted by Crippen LogP contribution is -2.41. The van der Waals surface area contributed by atoms with Gasteiger partial charge in [-0.2, -0.15) is 0 Å². The molecule has 18 heavy (non-hydrogen) atoms. The van der Waals surface area contributed by atoms with E-state index < -0.39 is 5.54 Å². The minimum Gasteiger partial charge on any atom is -0.459 e. The molecule has 1 fully saturated rings. The molecule has 0 bridgehead atoms. The van der Waals surface area contributed by atoms with Crippen LogP contribution < -0.4 is 10.6 Å². The van der Waals surface area contributed by atoms with Crippen LogP contribution in [0.15, 0.2) is 22.8 Å². The number of aliphatic hydroxyl groups is 1. The van der Waals surface area contributed by atoms with E-state index in [1.807, 2.05) is 0 Å². The normalized spacial score (nSPS) is 16.1. The van der Waals surface area contributed by atoms with Crippen molar-refractivity contribution in [1.82, 2.24) is 10.6 Å². The molecule has 0 spiro atoms. The Labute approximate surface area is 104 Å². The fraction of sp³-hybridized carbons (Fsp3) is 0.500. The second-order valence-electron chi connectivity index (χ2n) is 4.47. The average molecular weight is 252 g/mol. The third kappa shape index (κ3) is 3.10. The first-order valence-electron chi connectivity index (χ1n) is 5.89. The maximum Gasteiger partial charge on any atom is 0.286 e. The summed E-state index contributed by atoms with van der Waals surface area (Å²) in [6.07, 6.45) is 3.23. The molecule has 2 amide bonds. The van der Waals surface area contributed by atoms with Crippen LogP contribution in [-0.4, -0.2) is 35.6 Å². The number of hydrogen-bond donors (Lipinski definition) is 3. The summed E-state index contributed by atoms with van der Waals surface area (Å²) >= 11 is 0. The lowest BCUT2D eigenvalue weighted by atomic mass is 10.2. The maximum atomic E-state index is 11.5. The van der Waals surface area contributed by atoms with Gasteiger partial charge >= 0.3 is 0 Å². The lowest BCUT2D eigenvalue weighted by Gasteiger charge is -2.14. The maximum absolute atomic E-state index is 11.5. The van der Waals surface area contributed by atoms with E-state index >= 15 is 0 Å². The molecule has 6 nitrogen and oxygen atoms in total. The van der Waals surface area contributed by atoms with Gasteiger partial charge < -0.3 is 20.2 Å². The quantitative estimate of drug-likeness (QED) is 0.666. The van der Waals surface area contributed by atoms with Gasteiger partial charge in [-0.3, -0.25) is 9.59 Å². The first-order chi connectivity index (χ1) is 8.65. The van der Waals surface area contributed by atoms with Gasteiger partial charge in [0.25, 0.3) is 5.91 Å². The van der Waals surface area contributed by atoms with Crippen LogP contribution in [0.2, 0.25) is 0 Å². The number of carbonyl (C=O) groups excluding carboxylic acids is 2. The molecule has 1 heterocycles. The van der Waals surface area contributed by atoms with E-state index in [0.717, 1.165) is 12.8 Å². The molecule has 1 aliphatic carbocycles. The Balaban J connectivity index is 1.66. The van der Waals surface area contributed by atoms with E-state index in [2.05, 4.69) is 10.6 Å². The number of amides is 2. The first-order valence-corrected chi connectivity index (χ1v) is 5.89. The number of rotatable bonds is 6. The fourth-order valence-corrected chi connectivity index (χ4v) is 1.62. The topological polar surface area (TPSA) is 91.6 Å². The van der Waals surface area contributed by atoms with Gasteiger partial charge in [0.15, 0.2) is 5.76 Å². The third-order valence-corrected chi connectivity index (χ3v) is 2.94. The van der Waals surface area contributed by atoms with Crippen molar-refractivity contribution in [3.63, 3.8) is 0 Å². The van der Waals surface area contributed by atoms with Crippen molar-refractivity contribution in [3.05, 3.63) is 24.2 Å². The predicted octanol–water partition coefficient (Wildman–Crippen LogP) is 0.0406. The second kappa shape index (κ2) is 5.22. The van der Waals surface area contributed by atoms with Crippen LogP contribution in [-0.2, 0) is 4.79 Å². The summed E-state index contributed by atoms with van der Waals surface area (Å²) < 4.78 is 4.92. The summed E-state index contributed by atoms with van der Waals surface area (Å²) in [7, 11) is 0. The van der Waals surface area contributed by atoms with Crippen LogP contribution in [0.5, 0.6) is 0 Å². The van der Waals surface area contributed by atoms with E-state index in [1.165, 1.54) is 6.26 Å². The number of nitrogens with one attached hydrogen (secondary N) is 2. The highest BCUT2D eigenvalue weighted by Gasteiger charge is 2.43. The summed E-state index contributed by atoms with van der Waals surface area (Å²) in [5.74, 6) is -0.276. The van der Waals surface area contributed by atoms with Crippen LogP contribution in [0.25, 0.3) is 0 Å². The monoisotopic (exact) mass is 252 g/mol. The van der Waals surface area contributed by atoms with Crippen LogP contribution >= 0.6 is 0 Å². The molecular formula is C12H16N2O4. The zero-order valence-corrected chi connectivity index (χ0v) is 9.94. The molecule has 0 aromatic carbocycles. The Morgan fingerprint density at radius 3 is 2.78 bits per heavy atom. The zero-order valence-electron chi connectivity index (χ0n) is 9.94. The van der Waals surface area contributed by atoms with Crippen molar-refractivity contribution in [2.24, 2.45) is 0 Å². The van der Waals surface area contributed by atoms with Gasteiger partial charge in [-0.15, -0.1) is 0 Å². The molecule has 0 aliphatic heterocycles. The second-order valence-corrected chi connectivity index (χ2v) is 4.47. The van der Waals surface area contributed by atoms with Crippen LogP contribution in [0, 0.1) is 0 Å². The van der Waals surface area contributed by atoms with Crippen molar-refractivity contribution >= 4 is 11.8 Å². The molecular weight excluding hydrogens is 236 g/mol. The smallest absolute Gasteiger partial charge is 0.286 e. The number of furan rings is 1. The summed E-state index contributed by atoms with van der Waals surface area (Å²) in [5, 5.41) is 14.4. The molecule has 1 aromatic rings. The van der Waals surface area contributed by atoms with Crippen LogP contribution in [0.3, 0.4) is 0 Å². The Morgan fingerprint density at radius 2 is 2.22 bits per heavy atom. The van der Waals surface area contributed by atoms with E-state index in [-0.39, 0.29) is 37.1 Å². The van der Waals surface area contributed by atoms with Gasteiger partial charge in [0.1, 0.15) is 0 Å². The summed E-state index contributed by atoms with van der Waals surface area (Å²) in [6, 6.07) is 3.18. The van der Waals surface area contributed by atoms with Crippen molar-refractivity contribution in [3.8, 4) is 0 Å². The number of aliphatic hydroxyl groups excluding tert-OH is 1. The van der Waals surface area contributed by atoms with Crippen molar-refractivity contribution in [1.29, 1.82) is 0 Å². The zero-order chi connectivity index (χ0) is 13.0. The predicted molar refractivity (Wildman–Crippen MR) is 62.9 cm³/mol. The largest absolute Gasteiger partial charge is 0.459 e. The fourth-order valence-electron chi connectivity index (χ4n) is 1.62. The van der Waals surface area contributed by atoms with E-state index in [4.69, 9.17) is 9.52 Å². The number of carbonyl (C=O) groups is 2. The molecule has 0 saturated heterocycles. The van der Waals surface area contributed by atoms with Gasteiger partial charge in [-0.05, 0) is 25.0 Å². The summed E-state index contributed by atoms with van der Waals surface area (Å²) in [6.45, 7) is 0.213. The molecule has 0 unspecified atom stereocenters. The number of hydrogen-bond acceptors (Lipinski definition) is 4. The molecule has 6 heteroatoms.